The van der Waals surface area contributed by atoms with E-state index < -0.39 is 16.7 Å². The number of nitrogens with zero attached hydrogens (tertiary/aromatic N) is 2. The number of benzene rings is 2. The second kappa shape index (κ2) is 9.40. The molecule has 33 heavy (non-hydrogen) atoms. The van der Waals surface area contributed by atoms with Crippen LogP contribution in [0.4, 0.5) is 10.5 Å². The number of nitrogens with one attached hydrogen (secondary N) is 2. The van der Waals surface area contributed by atoms with Crippen LogP contribution < -0.4 is 10.6 Å². The van der Waals surface area contributed by atoms with Crippen LogP contribution in [0.15, 0.2) is 36.4 Å². The molecule has 2 N–H and O–H groups in total. The zero-order chi connectivity index (χ0) is 23.5. The fraction of sp³-hybridized carbons (Fsp3) is 0.375. The van der Waals surface area contributed by atoms with Gasteiger partial charge in [0.25, 0.3) is 17.5 Å². The molecule has 172 valence electrons. The molecule has 1 unspecified atom stereocenters. The monoisotopic (exact) mass is 450 g/mol. The largest absolute Gasteiger partial charge is 0.338 e. The number of fused-ring (bicyclic) bond motifs is 2. The summed E-state index contributed by atoms with van der Waals surface area (Å²) in [6.07, 6.45) is 4.98. The molecule has 2 aromatic rings. The Morgan fingerprint density at radius 2 is 1.79 bits per heavy atom. The summed E-state index contributed by atoms with van der Waals surface area (Å²) in [7, 11) is 0. The summed E-state index contributed by atoms with van der Waals surface area (Å²) in [4.78, 5) is 48.6. The van der Waals surface area contributed by atoms with Crippen LogP contribution in [0.1, 0.15) is 69.6 Å². The molecule has 0 saturated carbocycles. The molecule has 1 heterocycles. The molecule has 1 aliphatic heterocycles. The summed E-state index contributed by atoms with van der Waals surface area (Å²) in [6.45, 7) is 2.32. The van der Waals surface area contributed by atoms with Crippen LogP contribution in [0.5, 0.6) is 0 Å². The van der Waals surface area contributed by atoms with Gasteiger partial charge in [-0.1, -0.05) is 18.2 Å². The Morgan fingerprint density at radius 1 is 1.06 bits per heavy atom. The van der Waals surface area contributed by atoms with E-state index in [1.54, 1.807) is 0 Å². The number of nitro groups is 1. The van der Waals surface area contributed by atoms with Gasteiger partial charge in [-0.05, 0) is 61.8 Å². The van der Waals surface area contributed by atoms with E-state index in [1.807, 2.05) is 6.92 Å². The molecule has 0 spiro atoms. The number of non-ortho nitro benzene ring substituents is 1. The summed E-state index contributed by atoms with van der Waals surface area (Å²) < 4.78 is 0. The third-order valence-corrected chi connectivity index (χ3v) is 6.23. The van der Waals surface area contributed by atoms with Crippen LogP contribution >= 0.6 is 0 Å². The third-order valence-electron chi connectivity index (χ3n) is 6.23. The molecule has 0 bridgehead atoms. The van der Waals surface area contributed by atoms with Crippen molar-refractivity contribution in [3.05, 3.63) is 74.3 Å². The zero-order valence-electron chi connectivity index (χ0n) is 18.4. The van der Waals surface area contributed by atoms with Gasteiger partial charge >= 0.3 is 6.03 Å². The first kappa shape index (κ1) is 22.4. The SMILES string of the molecule is CC(NC(=O)NCCCN1C(=O)c2ccc([N+](=O)[O-])cc2C1=O)c1ccc2c(c1)CCCC2. The molecule has 0 radical (unpaired) electrons. The number of aryl methyl sites for hydroxylation is 2. The summed E-state index contributed by atoms with van der Waals surface area (Å²) in [6, 6.07) is 9.56. The van der Waals surface area contributed by atoms with Gasteiger partial charge in [0.05, 0.1) is 22.1 Å². The smallest absolute Gasteiger partial charge is 0.315 e. The molecular weight excluding hydrogens is 424 g/mol. The minimum Gasteiger partial charge on any atom is -0.338 e. The molecule has 1 atom stereocenters. The number of imide groups is 1. The highest BCUT2D eigenvalue weighted by atomic mass is 16.6. The van der Waals surface area contributed by atoms with E-state index >= 15 is 0 Å². The van der Waals surface area contributed by atoms with E-state index in [0.717, 1.165) is 29.4 Å². The standard InChI is InChI=1S/C24H26N4O5/c1-15(17-8-7-16-5-2-3-6-18(16)13-17)26-24(31)25-11-4-12-27-22(29)20-10-9-19(28(32)33)14-21(20)23(27)30/h7-10,13-15H,2-6,11-12H2,1H3,(H2,25,26,31). The summed E-state index contributed by atoms with van der Waals surface area (Å²) in [5.41, 5.74) is 3.78. The molecule has 0 aromatic heterocycles. The number of hydrogen-bond donors (Lipinski definition) is 2. The molecule has 9 heteroatoms. The van der Waals surface area contributed by atoms with Gasteiger partial charge in [0.15, 0.2) is 0 Å². The molecule has 4 rings (SSSR count). The first-order valence-electron chi connectivity index (χ1n) is 11.2. The van der Waals surface area contributed by atoms with Gasteiger partial charge < -0.3 is 10.6 Å². The van der Waals surface area contributed by atoms with Gasteiger partial charge in [-0.25, -0.2) is 4.79 Å². The molecule has 1 aliphatic carbocycles. The molecule has 9 nitrogen and oxygen atoms in total. The average molecular weight is 450 g/mol. The Bertz CT molecular complexity index is 1130. The molecule has 0 fully saturated rings. The van der Waals surface area contributed by atoms with Crippen molar-refractivity contribution in [1.29, 1.82) is 0 Å². The zero-order valence-corrected chi connectivity index (χ0v) is 18.4. The minimum atomic E-state index is -0.603. The van der Waals surface area contributed by atoms with Gasteiger partial charge in [-0.2, -0.15) is 0 Å². The molecule has 4 amide bonds. The highest BCUT2D eigenvalue weighted by Crippen LogP contribution is 2.27. The predicted octanol–water partition coefficient (Wildman–Crippen LogP) is 3.52. The number of rotatable bonds is 7. The van der Waals surface area contributed by atoms with Gasteiger partial charge in [0.2, 0.25) is 0 Å². The van der Waals surface area contributed by atoms with Gasteiger partial charge in [0.1, 0.15) is 0 Å². The van der Waals surface area contributed by atoms with Crippen molar-refractivity contribution in [3.63, 3.8) is 0 Å². The van der Waals surface area contributed by atoms with Crippen molar-refractivity contribution >= 4 is 23.5 Å². The number of amides is 4. The molecular formula is C24H26N4O5. The van der Waals surface area contributed by atoms with Crippen molar-refractivity contribution in [2.45, 2.75) is 45.1 Å². The van der Waals surface area contributed by atoms with Crippen LogP contribution in [0.3, 0.4) is 0 Å². The molecule has 2 aromatic carbocycles. The normalized spacial score (nSPS) is 15.6. The first-order chi connectivity index (χ1) is 15.8. The molecule has 0 saturated heterocycles. The third kappa shape index (κ3) is 4.72. The van der Waals surface area contributed by atoms with E-state index in [4.69, 9.17) is 0 Å². The highest BCUT2D eigenvalue weighted by Gasteiger charge is 2.36. The lowest BCUT2D eigenvalue weighted by Crippen LogP contribution is -2.39. The van der Waals surface area contributed by atoms with Crippen molar-refractivity contribution in [2.75, 3.05) is 13.1 Å². The lowest BCUT2D eigenvalue weighted by Gasteiger charge is -2.20. The average Bonchev–Trinajstić information content (AvgIpc) is 3.05. The minimum absolute atomic E-state index is 0.0405. The number of hydrogen-bond acceptors (Lipinski definition) is 5. The Hall–Kier alpha value is -3.75. The maximum Gasteiger partial charge on any atom is 0.315 e. The lowest BCUT2D eigenvalue weighted by atomic mass is 9.89. The van der Waals surface area contributed by atoms with E-state index in [-0.39, 0.29) is 42.0 Å². The maximum absolute atomic E-state index is 12.5. The first-order valence-corrected chi connectivity index (χ1v) is 11.2. The van der Waals surface area contributed by atoms with Gasteiger partial charge in [-0.15, -0.1) is 0 Å². The lowest BCUT2D eigenvalue weighted by molar-refractivity contribution is -0.384. The van der Waals surface area contributed by atoms with Crippen molar-refractivity contribution in [3.8, 4) is 0 Å². The highest BCUT2D eigenvalue weighted by molar-refractivity contribution is 6.21. The van der Waals surface area contributed by atoms with E-state index in [0.29, 0.717) is 6.42 Å². The van der Waals surface area contributed by atoms with Crippen LogP contribution in [-0.4, -0.2) is 40.8 Å². The van der Waals surface area contributed by atoms with E-state index in [2.05, 4.69) is 28.8 Å². The van der Waals surface area contributed by atoms with Crippen molar-refractivity contribution < 1.29 is 19.3 Å². The summed E-state index contributed by atoms with van der Waals surface area (Å²) in [5, 5.41) is 16.6. The topological polar surface area (TPSA) is 122 Å². The summed E-state index contributed by atoms with van der Waals surface area (Å²) in [5.74, 6) is -1.03. The van der Waals surface area contributed by atoms with Crippen LogP contribution in [0.2, 0.25) is 0 Å². The van der Waals surface area contributed by atoms with Crippen LogP contribution in [0.25, 0.3) is 0 Å². The Morgan fingerprint density at radius 3 is 2.55 bits per heavy atom. The quantitative estimate of drug-likeness (QED) is 0.289. The number of carbonyl (C=O) groups excluding carboxylic acids is 3. The maximum atomic E-state index is 12.5. The summed E-state index contributed by atoms with van der Waals surface area (Å²) >= 11 is 0. The predicted molar refractivity (Wildman–Crippen MR) is 121 cm³/mol. The van der Waals surface area contributed by atoms with E-state index in [9.17, 15) is 24.5 Å². The Kier molecular flexibility index (Phi) is 6.39. The number of carbonyl (C=O) groups is 3. The Balaban J connectivity index is 1.25. The van der Waals surface area contributed by atoms with Gasteiger partial charge in [-0.3, -0.25) is 24.6 Å². The number of urea groups is 1. The second-order valence-corrected chi connectivity index (χ2v) is 8.46. The van der Waals surface area contributed by atoms with Gasteiger partial charge in [0, 0.05) is 25.2 Å². The van der Waals surface area contributed by atoms with Crippen molar-refractivity contribution in [2.24, 2.45) is 0 Å². The fourth-order valence-electron chi connectivity index (χ4n) is 4.39. The van der Waals surface area contributed by atoms with Crippen molar-refractivity contribution in [1.82, 2.24) is 15.5 Å². The molecule has 2 aliphatic rings. The van der Waals surface area contributed by atoms with Crippen LogP contribution in [0, 0.1) is 10.1 Å². The number of nitro benzene ring substituents is 1. The van der Waals surface area contributed by atoms with Crippen LogP contribution in [-0.2, 0) is 12.8 Å². The Labute approximate surface area is 191 Å². The second-order valence-electron chi connectivity index (χ2n) is 8.46. The van der Waals surface area contributed by atoms with E-state index in [1.165, 1.54) is 36.1 Å². The fourth-order valence-corrected chi connectivity index (χ4v) is 4.39.